The van der Waals surface area contributed by atoms with Crippen LogP contribution in [0.4, 0.5) is 0 Å². The van der Waals surface area contributed by atoms with Gasteiger partial charge in [0.25, 0.3) is 0 Å². The second-order valence-electron chi connectivity index (χ2n) is 6.73. The zero-order chi connectivity index (χ0) is 13.5. The Kier molecular flexibility index (Phi) is 7.25. The zero-order valence-electron chi connectivity index (χ0n) is 13.0. The predicted octanol–water partition coefficient (Wildman–Crippen LogP) is 3.85. The molecule has 0 aromatic rings. The highest BCUT2D eigenvalue weighted by molar-refractivity contribution is 4.80. The second-order valence-corrected chi connectivity index (χ2v) is 6.73. The number of ether oxygens (including phenoxy) is 1. The smallest absolute Gasteiger partial charge is 0.0613 e. The van der Waals surface area contributed by atoms with Gasteiger partial charge in [-0.15, -0.1) is 0 Å². The quantitative estimate of drug-likeness (QED) is 0.711. The van der Waals surface area contributed by atoms with Gasteiger partial charge in [-0.2, -0.15) is 0 Å². The fourth-order valence-corrected chi connectivity index (χ4v) is 3.10. The summed E-state index contributed by atoms with van der Waals surface area (Å²) in [6.45, 7) is 13.6. The van der Waals surface area contributed by atoms with Gasteiger partial charge in [0.2, 0.25) is 0 Å². The largest absolute Gasteiger partial charge is 0.378 e. The summed E-state index contributed by atoms with van der Waals surface area (Å²) < 4.78 is 5.77. The molecule has 0 radical (unpaired) electrons. The summed E-state index contributed by atoms with van der Waals surface area (Å²) in [6, 6.07) is 0.683. The molecule has 2 nitrogen and oxygen atoms in total. The average Bonchev–Trinajstić information content (AvgIpc) is 2.71. The molecule has 0 bridgehead atoms. The van der Waals surface area contributed by atoms with E-state index < -0.39 is 0 Å². The molecule has 1 saturated heterocycles. The molecule has 1 aliphatic heterocycles. The van der Waals surface area contributed by atoms with Crippen molar-refractivity contribution in [3.8, 4) is 0 Å². The molecule has 2 unspecified atom stereocenters. The first-order valence-corrected chi connectivity index (χ1v) is 7.87. The van der Waals surface area contributed by atoms with E-state index in [1.165, 1.54) is 19.3 Å². The van der Waals surface area contributed by atoms with Crippen molar-refractivity contribution in [2.75, 3.05) is 13.2 Å². The number of hydrogen-bond acceptors (Lipinski definition) is 2. The molecule has 0 aliphatic carbocycles. The monoisotopic (exact) mass is 255 g/mol. The fraction of sp³-hybridized carbons (Fsp3) is 1.00. The van der Waals surface area contributed by atoms with Gasteiger partial charge in [-0.05, 0) is 43.4 Å². The molecule has 1 aliphatic rings. The third kappa shape index (κ3) is 5.71. The van der Waals surface area contributed by atoms with Gasteiger partial charge in [0.05, 0.1) is 6.10 Å². The van der Waals surface area contributed by atoms with Crippen LogP contribution in [0, 0.1) is 17.8 Å². The van der Waals surface area contributed by atoms with Crippen LogP contribution in [0.15, 0.2) is 0 Å². The maximum absolute atomic E-state index is 5.77. The van der Waals surface area contributed by atoms with E-state index in [1.54, 1.807) is 0 Å². The van der Waals surface area contributed by atoms with Crippen molar-refractivity contribution in [3.63, 3.8) is 0 Å². The molecule has 2 heteroatoms. The third-order valence-electron chi connectivity index (χ3n) is 3.93. The third-order valence-corrected chi connectivity index (χ3v) is 3.93. The van der Waals surface area contributed by atoms with Crippen molar-refractivity contribution in [2.45, 2.75) is 72.4 Å². The zero-order valence-corrected chi connectivity index (χ0v) is 13.0. The minimum absolute atomic E-state index is 0.497. The molecule has 1 heterocycles. The number of rotatable bonds is 8. The van der Waals surface area contributed by atoms with E-state index in [-0.39, 0.29) is 0 Å². The molecule has 0 aromatic heterocycles. The van der Waals surface area contributed by atoms with E-state index in [4.69, 9.17) is 4.74 Å². The molecule has 0 spiro atoms. The van der Waals surface area contributed by atoms with Crippen LogP contribution in [0.2, 0.25) is 0 Å². The van der Waals surface area contributed by atoms with Crippen LogP contribution < -0.4 is 5.32 Å². The predicted molar refractivity (Wildman–Crippen MR) is 78.8 cm³/mol. The molecule has 108 valence electrons. The number of nitrogens with one attached hydrogen (secondary N) is 1. The minimum atomic E-state index is 0.497. The summed E-state index contributed by atoms with van der Waals surface area (Å²) in [6.07, 6.45) is 5.48. The van der Waals surface area contributed by atoms with E-state index in [1.807, 2.05) is 0 Å². The highest BCUT2D eigenvalue weighted by Crippen LogP contribution is 2.23. The second kappa shape index (κ2) is 8.16. The topological polar surface area (TPSA) is 21.3 Å². The van der Waals surface area contributed by atoms with Gasteiger partial charge in [-0.25, -0.2) is 0 Å². The lowest BCUT2D eigenvalue weighted by molar-refractivity contribution is 0.0861. The first kappa shape index (κ1) is 16.0. The Hall–Kier alpha value is -0.0800. The van der Waals surface area contributed by atoms with E-state index in [0.29, 0.717) is 12.1 Å². The highest BCUT2D eigenvalue weighted by atomic mass is 16.5. The molecule has 1 fully saturated rings. The highest BCUT2D eigenvalue weighted by Gasteiger charge is 2.27. The summed E-state index contributed by atoms with van der Waals surface area (Å²) in [5.74, 6) is 2.29. The van der Waals surface area contributed by atoms with Crippen LogP contribution in [0.5, 0.6) is 0 Å². The van der Waals surface area contributed by atoms with Crippen molar-refractivity contribution >= 4 is 0 Å². The molecule has 0 saturated carbocycles. The van der Waals surface area contributed by atoms with Crippen LogP contribution in [0.1, 0.15) is 60.3 Å². The Morgan fingerprint density at radius 1 is 1.11 bits per heavy atom. The first-order chi connectivity index (χ1) is 8.52. The lowest BCUT2D eigenvalue weighted by atomic mass is 9.94. The summed E-state index contributed by atoms with van der Waals surface area (Å²) in [7, 11) is 0. The van der Waals surface area contributed by atoms with Crippen molar-refractivity contribution in [3.05, 3.63) is 0 Å². The summed E-state index contributed by atoms with van der Waals surface area (Å²) in [5, 5.41) is 3.81. The van der Waals surface area contributed by atoms with E-state index in [0.717, 1.165) is 37.3 Å². The summed E-state index contributed by atoms with van der Waals surface area (Å²) >= 11 is 0. The molecular formula is C16H33NO. The molecule has 2 atom stereocenters. The number of hydrogen-bond donors (Lipinski definition) is 1. The minimum Gasteiger partial charge on any atom is -0.378 e. The van der Waals surface area contributed by atoms with Gasteiger partial charge < -0.3 is 10.1 Å². The Labute approximate surface area is 114 Å². The average molecular weight is 255 g/mol. The molecule has 1 N–H and O–H groups in total. The Morgan fingerprint density at radius 3 is 2.22 bits per heavy atom. The molecule has 1 rings (SSSR count). The van der Waals surface area contributed by atoms with Crippen molar-refractivity contribution < 1.29 is 4.74 Å². The van der Waals surface area contributed by atoms with Crippen molar-refractivity contribution in [1.29, 1.82) is 0 Å². The van der Waals surface area contributed by atoms with Gasteiger partial charge >= 0.3 is 0 Å². The Balaban J connectivity index is 2.35. The lowest BCUT2D eigenvalue weighted by Crippen LogP contribution is -2.37. The summed E-state index contributed by atoms with van der Waals surface area (Å²) in [5.41, 5.74) is 0. The van der Waals surface area contributed by atoms with Crippen LogP contribution in [0.3, 0.4) is 0 Å². The van der Waals surface area contributed by atoms with Gasteiger partial charge in [-0.3, -0.25) is 0 Å². The van der Waals surface area contributed by atoms with Crippen LogP contribution >= 0.6 is 0 Å². The Morgan fingerprint density at radius 2 is 1.72 bits per heavy atom. The lowest BCUT2D eigenvalue weighted by Gasteiger charge is -2.25. The van der Waals surface area contributed by atoms with E-state index in [2.05, 4.69) is 39.9 Å². The van der Waals surface area contributed by atoms with Crippen LogP contribution in [-0.4, -0.2) is 25.3 Å². The maximum atomic E-state index is 5.77. The van der Waals surface area contributed by atoms with Gasteiger partial charge in [0, 0.05) is 19.2 Å². The normalized spacial score (nSPS) is 24.7. The van der Waals surface area contributed by atoms with Crippen molar-refractivity contribution in [1.82, 2.24) is 5.32 Å². The molecule has 18 heavy (non-hydrogen) atoms. The van der Waals surface area contributed by atoms with Crippen LogP contribution in [0.25, 0.3) is 0 Å². The van der Waals surface area contributed by atoms with Gasteiger partial charge in [-0.1, -0.05) is 34.6 Å². The molecular weight excluding hydrogens is 222 g/mol. The Bertz CT molecular complexity index is 205. The van der Waals surface area contributed by atoms with Gasteiger partial charge in [0.1, 0.15) is 0 Å². The fourth-order valence-electron chi connectivity index (χ4n) is 3.10. The van der Waals surface area contributed by atoms with E-state index >= 15 is 0 Å². The SMILES string of the molecule is CCC1OCCC1CNC(CC(C)C)CC(C)C. The first-order valence-electron chi connectivity index (χ1n) is 7.87. The maximum Gasteiger partial charge on any atom is 0.0613 e. The van der Waals surface area contributed by atoms with E-state index in [9.17, 15) is 0 Å². The van der Waals surface area contributed by atoms with Crippen molar-refractivity contribution in [2.24, 2.45) is 17.8 Å². The molecule has 0 aromatic carbocycles. The van der Waals surface area contributed by atoms with Crippen LogP contribution in [-0.2, 0) is 4.74 Å². The standard InChI is InChI=1S/C16H33NO/c1-6-16-14(7-8-18-16)11-17-15(9-12(2)3)10-13(4)5/h12-17H,6-11H2,1-5H3. The summed E-state index contributed by atoms with van der Waals surface area (Å²) in [4.78, 5) is 0. The molecule has 0 amide bonds. The van der Waals surface area contributed by atoms with Gasteiger partial charge in [0.15, 0.2) is 0 Å².